The summed E-state index contributed by atoms with van der Waals surface area (Å²) >= 11 is 16.9. The Balaban J connectivity index is 1.53. The zero-order chi connectivity index (χ0) is 22.9. The lowest BCUT2D eigenvalue weighted by molar-refractivity contribution is 0.0933. The second kappa shape index (κ2) is 11.5. The second-order valence-electron chi connectivity index (χ2n) is 6.57. The van der Waals surface area contributed by atoms with Gasteiger partial charge in [-0.25, -0.2) is 0 Å². The second-order valence-corrected chi connectivity index (χ2v) is 7.82. The van der Waals surface area contributed by atoms with E-state index in [2.05, 4.69) is 16.2 Å². The van der Waals surface area contributed by atoms with Crippen LogP contribution in [0, 0.1) is 0 Å². The Labute approximate surface area is 200 Å². The molecule has 0 aromatic heterocycles. The highest BCUT2D eigenvalue weighted by Crippen LogP contribution is 2.21. The molecule has 0 unspecified atom stereocenters. The van der Waals surface area contributed by atoms with Crippen LogP contribution in [-0.2, 0) is 6.42 Å². The summed E-state index contributed by atoms with van der Waals surface area (Å²) in [5, 5.41) is 3.02. The van der Waals surface area contributed by atoms with Crippen molar-refractivity contribution in [3.05, 3.63) is 99.5 Å². The largest absolute Gasteiger partial charge is 0.492 e. The maximum absolute atomic E-state index is 12.6. The maximum atomic E-state index is 12.6. The zero-order valence-electron chi connectivity index (χ0n) is 16.7. The predicted octanol–water partition coefficient (Wildman–Crippen LogP) is 4.56. The number of thiocarbonyl (C=S) groups is 1. The molecular weight excluding hydrogens is 469 g/mol. The van der Waals surface area contributed by atoms with E-state index in [1.54, 1.807) is 24.3 Å². The van der Waals surface area contributed by atoms with Crippen molar-refractivity contribution in [1.29, 1.82) is 0 Å². The highest BCUT2D eigenvalue weighted by Gasteiger charge is 2.15. The fourth-order valence-corrected chi connectivity index (χ4v) is 3.40. The molecule has 0 atom stereocenters. The van der Waals surface area contributed by atoms with Crippen molar-refractivity contribution in [2.45, 2.75) is 6.42 Å². The van der Waals surface area contributed by atoms with Crippen LogP contribution in [0.3, 0.4) is 0 Å². The van der Waals surface area contributed by atoms with E-state index in [0.29, 0.717) is 29.4 Å². The summed E-state index contributed by atoms with van der Waals surface area (Å²) in [4.78, 5) is 24.9. The van der Waals surface area contributed by atoms with Gasteiger partial charge in [-0.1, -0.05) is 65.7 Å². The first-order chi connectivity index (χ1) is 15.4. The van der Waals surface area contributed by atoms with Gasteiger partial charge in [0.2, 0.25) is 0 Å². The van der Waals surface area contributed by atoms with Crippen LogP contribution in [0.1, 0.15) is 26.3 Å². The molecule has 9 heteroatoms. The standard InChI is InChI=1S/C23H19Cl2N3O3S/c24-16-10-11-17(19(25)14-16)22(30)27-28-23(32)26-21(29)18-8-4-5-9-20(18)31-13-12-15-6-2-1-3-7-15/h1-11,14H,12-13H2,(H,27,30)(H2,26,28,29,32). The van der Waals surface area contributed by atoms with E-state index in [-0.39, 0.29) is 15.7 Å². The fourth-order valence-electron chi connectivity index (χ4n) is 2.76. The molecule has 32 heavy (non-hydrogen) atoms. The number of halogens is 2. The third-order valence-electron chi connectivity index (χ3n) is 4.32. The van der Waals surface area contributed by atoms with Gasteiger partial charge in [0.25, 0.3) is 11.8 Å². The van der Waals surface area contributed by atoms with Crippen LogP contribution in [-0.4, -0.2) is 23.5 Å². The Kier molecular flexibility index (Phi) is 8.44. The van der Waals surface area contributed by atoms with Gasteiger partial charge in [0.15, 0.2) is 5.11 Å². The topological polar surface area (TPSA) is 79.5 Å². The number of nitrogens with one attached hydrogen (secondary N) is 3. The summed E-state index contributed by atoms with van der Waals surface area (Å²) in [6, 6.07) is 21.2. The lowest BCUT2D eigenvalue weighted by atomic mass is 10.1. The van der Waals surface area contributed by atoms with E-state index in [1.807, 2.05) is 30.3 Å². The number of ether oxygens (including phenoxy) is 1. The van der Waals surface area contributed by atoms with Crippen molar-refractivity contribution in [3.8, 4) is 5.75 Å². The molecule has 0 fully saturated rings. The van der Waals surface area contributed by atoms with Gasteiger partial charge < -0.3 is 4.74 Å². The minimum atomic E-state index is -0.534. The monoisotopic (exact) mass is 487 g/mol. The summed E-state index contributed by atoms with van der Waals surface area (Å²) in [6.45, 7) is 0.412. The first kappa shape index (κ1) is 23.5. The van der Waals surface area contributed by atoms with E-state index in [4.69, 9.17) is 40.2 Å². The zero-order valence-corrected chi connectivity index (χ0v) is 19.1. The van der Waals surface area contributed by atoms with E-state index < -0.39 is 11.8 Å². The molecule has 0 bridgehead atoms. The van der Waals surface area contributed by atoms with Crippen LogP contribution in [0.2, 0.25) is 10.0 Å². The van der Waals surface area contributed by atoms with E-state index in [9.17, 15) is 9.59 Å². The Morgan fingerprint density at radius 2 is 1.56 bits per heavy atom. The quantitative estimate of drug-likeness (QED) is 0.350. The summed E-state index contributed by atoms with van der Waals surface area (Å²) in [6.07, 6.45) is 0.704. The molecular formula is C23H19Cl2N3O3S. The van der Waals surface area contributed by atoms with Gasteiger partial charge >= 0.3 is 0 Å². The van der Waals surface area contributed by atoms with E-state index in [1.165, 1.54) is 18.2 Å². The molecule has 3 aromatic carbocycles. The summed E-state index contributed by atoms with van der Waals surface area (Å²) in [5.74, 6) is -0.579. The van der Waals surface area contributed by atoms with Gasteiger partial charge in [-0.15, -0.1) is 0 Å². The Morgan fingerprint density at radius 3 is 2.31 bits per heavy atom. The van der Waals surface area contributed by atoms with Crippen molar-refractivity contribution in [1.82, 2.24) is 16.2 Å². The Hall–Kier alpha value is -3.13. The number of benzene rings is 3. The van der Waals surface area contributed by atoms with Gasteiger partial charge in [0.05, 0.1) is 22.8 Å². The minimum Gasteiger partial charge on any atom is -0.492 e. The van der Waals surface area contributed by atoms with Crippen LogP contribution in [0.15, 0.2) is 72.8 Å². The lowest BCUT2D eigenvalue weighted by Gasteiger charge is -2.14. The molecule has 0 saturated heterocycles. The predicted molar refractivity (Wildman–Crippen MR) is 129 cm³/mol. The number of rotatable bonds is 6. The van der Waals surface area contributed by atoms with Crippen LogP contribution in [0.4, 0.5) is 0 Å². The molecule has 0 aliphatic heterocycles. The molecule has 0 saturated carbocycles. The van der Waals surface area contributed by atoms with Crippen LogP contribution in [0.5, 0.6) is 5.75 Å². The smallest absolute Gasteiger partial charge is 0.271 e. The van der Waals surface area contributed by atoms with Crippen molar-refractivity contribution in [2.75, 3.05) is 6.61 Å². The number of para-hydroxylation sites is 1. The van der Waals surface area contributed by atoms with Crippen LogP contribution in [0.25, 0.3) is 0 Å². The van der Waals surface area contributed by atoms with Crippen LogP contribution >= 0.6 is 35.4 Å². The first-order valence-corrected chi connectivity index (χ1v) is 10.7. The lowest BCUT2D eigenvalue weighted by Crippen LogP contribution is -2.48. The van der Waals surface area contributed by atoms with E-state index in [0.717, 1.165) is 5.56 Å². The molecule has 0 heterocycles. The molecule has 164 valence electrons. The summed E-state index contributed by atoms with van der Waals surface area (Å²) in [5.41, 5.74) is 6.51. The molecule has 0 aliphatic carbocycles. The molecule has 2 amide bonds. The van der Waals surface area contributed by atoms with Gasteiger partial charge in [-0.2, -0.15) is 0 Å². The van der Waals surface area contributed by atoms with Crippen molar-refractivity contribution < 1.29 is 14.3 Å². The molecule has 3 aromatic rings. The van der Waals surface area contributed by atoms with Gasteiger partial charge in [-0.05, 0) is 48.1 Å². The Bertz CT molecular complexity index is 1130. The van der Waals surface area contributed by atoms with Crippen molar-refractivity contribution in [3.63, 3.8) is 0 Å². The molecule has 0 spiro atoms. The third kappa shape index (κ3) is 6.68. The van der Waals surface area contributed by atoms with Gasteiger partial charge in [-0.3, -0.25) is 25.8 Å². The highest BCUT2D eigenvalue weighted by atomic mass is 35.5. The number of amides is 2. The number of carbonyl (C=O) groups is 2. The fraction of sp³-hybridized carbons (Fsp3) is 0.0870. The number of carbonyl (C=O) groups excluding carboxylic acids is 2. The average molecular weight is 488 g/mol. The molecule has 0 aliphatic rings. The van der Waals surface area contributed by atoms with Gasteiger partial charge in [0, 0.05) is 11.4 Å². The molecule has 3 N–H and O–H groups in total. The molecule has 6 nitrogen and oxygen atoms in total. The number of hydrogen-bond acceptors (Lipinski definition) is 4. The summed E-state index contributed by atoms with van der Waals surface area (Å²) in [7, 11) is 0. The number of hydrazine groups is 1. The SMILES string of the molecule is O=C(NNC(=S)NC(=O)c1ccccc1OCCc1ccccc1)c1ccc(Cl)cc1Cl. The Morgan fingerprint density at radius 1 is 0.844 bits per heavy atom. The molecule has 3 rings (SSSR count). The number of hydrogen-bond donors (Lipinski definition) is 3. The average Bonchev–Trinajstić information content (AvgIpc) is 2.78. The van der Waals surface area contributed by atoms with Crippen molar-refractivity contribution in [2.24, 2.45) is 0 Å². The van der Waals surface area contributed by atoms with Crippen LogP contribution < -0.4 is 20.9 Å². The maximum Gasteiger partial charge on any atom is 0.271 e. The minimum absolute atomic E-state index is 0.0903. The van der Waals surface area contributed by atoms with Gasteiger partial charge in [0.1, 0.15) is 5.75 Å². The highest BCUT2D eigenvalue weighted by molar-refractivity contribution is 7.80. The van der Waals surface area contributed by atoms with E-state index >= 15 is 0 Å². The molecule has 0 radical (unpaired) electrons. The first-order valence-electron chi connectivity index (χ1n) is 9.56. The summed E-state index contributed by atoms with van der Waals surface area (Å²) < 4.78 is 5.80. The third-order valence-corrected chi connectivity index (χ3v) is 5.07. The van der Waals surface area contributed by atoms with Crippen molar-refractivity contribution >= 4 is 52.3 Å². The normalized spacial score (nSPS) is 10.2.